The molecule has 2 heterocycles. The topological polar surface area (TPSA) is 35.5 Å². The van der Waals surface area contributed by atoms with Crippen LogP contribution in [0.1, 0.15) is 45.1 Å². The number of piperidine rings is 1. The summed E-state index contributed by atoms with van der Waals surface area (Å²) in [5, 5.41) is 13.5. The summed E-state index contributed by atoms with van der Waals surface area (Å²) in [6.07, 6.45) is 4.23. The quantitative estimate of drug-likeness (QED) is 0.886. The van der Waals surface area contributed by atoms with Crippen LogP contribution in [0, 0.1) is 0 Å². The molecular weight excluding hydrogens is 248 g/mol. The van der Waals surface area contributed by atoms with Gasteiger partial charge >= 0.3 is 0 Å². The number of hydrogen-bond acceptors (Lipinski definition) is 3. The van der Waals surface area contributed by atoms with Crippen molar-refractivity contribution in [3.8, 4) is 0 Å². The fourth-order valence-corrected chi connectivity index (χ4v) is 3.77. The smallest absolute Gasteiger partial charge is 0.0579 e. The zero-order valence-corrected chi connectivity index (χ0v) is 12.5. The molecule has 20 heavy (non-hydrogen) atoms. The summed E-state index contributed by atoms with van der Waals surface area (Å²) in [6.45, 7) is 5.29. The molecule has 3 nitrogen and oxygen atoms in total. The second kappa shape index (κ2) is 5.74. The molecule has 0 aromatic heterocycles. The van der Waals surface area contributed by atoms with E-state index in [1.165, 1.54) is 24.1 Å². The zero-order chi connectivity index (χ0) is 14.1. The fraction of sp³-hybridized carbons (Fsp3) is 0.647. The first-order chi connectivity index (χ1) is 9.65. The number of para-hydroxylation sites is 1. The van der Waals surface area contributed by atoms with Gasteiger partial charge in [-0.05, 0) is 37.3 Å². The van der Waals surface area contributed by atoms with Gasteiger partial charge in [0.05, 0.1) is 6.10 Å². The van der Waals surface area contributed by atoms with Crippen molar-refractivity contribution in [3.63, 3.8) is 0 Å². The summed E-state index contributed by atoms with van der Waals surface area (Å²) in [7, 11) is 0. The van der Waals surface area contributed by atoms with Gasteiger partial charge in [0.15, 0.2) is 0 Å². The molecule has 2 unspecified atom stereocenters. The van der Waals surface area contributed by atoms with Crippen molar-refractivity contribution in [2.24, 2.45) is 0 Å². The molecule has 2 N–H and O–H groups in total. The van der Waals surface area contributed by atoms with Crippen LogP contribution in [0.4, 0.5) is 5.69 Å². The highest BCUT2D eigenvalue weighted by Crippen LogP contribution is 2.40. The molecule has 2 fully saturated rings. The molecule has 0 saturated carbocycles. The van der Waals surface area contributed by atoms with Gasteiger partial charge in [-0.1, -0.05) is 32.0 Å². The van der Waals surface area contributed by atoms with Gasteiger partial charge in [-0.3, -0.25) is 0 Å². The van der Waals surface area contributed by atoms with Crippen molar-refractivity contribution in [2.75, 3.05) is 4.90 Å². The standard InChI is InChI=1S/C17H26N2O/c1-12(2)18-11-13-5-3-4-6-17(13)19-14-7-8-15(19)10-16(20)9-14/h3-6,12,14-16,18,20H,7-11H2,1-2H3. The van der Waals surface area contributed by atoms with E-state index in [9.17, 15) is 5.11 Å². The maximum Gasteiger partial charge on any atom is 0.0579 e. The zero-order valence-electron chi connectivity index (χ0n) is 12.5. The molecule has 2 saturated heterocycles. The molecule has 3 heteroatoms. The second-order valence-corrected chi connectivity index (χ2v) is 6.58. The minimum absolute atomic E-state index is 0.0929. The van der Waals surface area contributed by atoms with E-state index in [0.29, 0.717) is 18.1 Å². The van der Waals surface area contributed by atoms with Gasteiger partial charge in [0.25, 0.3) is 0 Å². The number of rotatable bonds is 4. The minimum atomic E-state index is -0.0929. The van der Waals surface area contributed by atoms with Crippen molar-refractivity contribution in [2.45, 2.75) is 70.3 Å². The lowest BCUT2D eigenvalue weighted by Crippen LogP contribution is -2.45. The van der Waals surface area contributed by atoms with Crippen LogP contribution in [0.2, 0.25) is 0 Å². The maximum atomic E-state index is 9.96. The van der Waals surface area contributed by atoms with E-state index in [2.05, 4.69) is 48.3 Å². The molecule has 2 bridgehead atoms. The molecular formula is C17H26N2O. The summed E-state index contributed by atoms with van der Waals surface area (Å²) < 4.78 is 0. The first kappa shape index (κ1) is 13.9. The molecule has 0 spiro atoms. The van der Waals surface area contributed by atoms with Crippen LogP contribution in [0.3, 0.4) is 0 Å². The Morgan fingerprint density at radius 1 is 1.20 bits per heavy atom. The molecule has 0 aliphatic carbocycles. The normalized spacial score (nSPS) is 29.2. The summed E-state index contributed by atoms with van der Waals surface area (Å²) in [5.74, 6) is 0. The molecule has 3 rings (SSSR count). The van der Waals surface area contributed by atoms with Crippen LogP contribution in [0.15, 0.2) is 24.3 Å². The Labute approximate surface area is 122 Å². The van der Waals surface area contributed by atoms with E-state index < -0.39 is 0 Å². The predicted octanol–water partition coefficient (Wildman–Crippen LogP) is 2.68. The third kappa shape index (κ3) is 2.70. The molecule has 2 aliphatic heterocycles. The average molecular weight is 274 g/mol. The summed E-state index contributed by atoms with van der Waals surface area (Å²) in [6, 6.07) is 10.3. The highest BCUT2D eigenvalue weighted by atomic mass is 16.3. The maximum absolute atomic E-state index is 9.96. The van der Waals surface area contributed by atoms with Crippen molar-refractivity contribution < 1.29 is 5.11 Å². The van der Waals surface area contributed by atoms with Crippen LogP contribution >= 0.6 is 0 Å². The van der Waals surface area contributed by atoms with Gasteiger partial charge in [-0.2, -0.15) is 0 Å². The molecule has 0 radical (unpaired) electrons. The Hall–Kier alpha value is -1.06. The van der Waals surface area contributed by atoms with Gasteiger partial charge in [-0.15, -0.1) is 0 Å². The lowest BCUT2D eigenvalue weighted by molar-refractivity contribution is 0.126. The lowest BCUT2D eigenvalue weighted by atomic mass is 9.97. The number of anilines is 1. The van der Waals surface area contributed by atoms with E-state index in [4.69, 9.17) is 0 Å². The summed E-state index contributed by atoms with van der Waals surface area (Å²) in [5.41, 5.74) is 2.76. The first-order valence-corrected chi connectivity index (χ1v) is 7.93. The number of fused-ring (bicyclic) bond motifs is 2. The Morgan fingerprint density at radius 2 is 1.85 bits per heavy atom. The molecule has 110 valence electrons. The Kier molecular flexibility index (Phi) is 3.99. The number of aliphatic hydroxyl groups is 1. The molecule has 1 aromatic carbocycles. The highest BCUT2D eigenvalue weighted by Gasteiger charge is 2.40. The first-order valence-electron chi connectivity index (χ1n) is 7.93. The summed E-state index contributed by atoms with van der Waals surface area (Å²) in [4.78, 5) is 2.59. The predicted molar refractivity (Wildman–Crippen MR) is 82.9 cm³/mol. The molecule has 1 aromatic rings. The van der Waals surface area contributed by atoms with Crippen LogP contribution in [-0.4, -0.2) is 29.3 Å². The number of aliphatic hydroxyl groups excluding tert-OH is 1. The SMILES string of the molecule is CC(C)NCc1ccccc1N1C2CCC1CC(O)C2. The monoisotopic (exact) mass is 274 g/mol. The van der Waals surface area contributed by atoms with Gasteiger partial charge in [-0.25, -0.2) is 0 Å². The lowest BCUT2D eigenvalue weighted by Gasteiger charge is -2.40. The Balaban J connectivity index is 1.83. The Morgan fingerprint density at radius 3 is 2.50 bits per heavy atom. The Bertz CT molecular complexity index is 446. The second-order valence-electron chi connectivity index (χ2n) is 6.58. The van der Waals surface area contributed by atoms with E-state index in [1.54, 1.807) is 0 Å². The van der Waals surface area contributed by atoms with Gasteiger partial charge in [0, 0.05) is 30.4 Å². The van der Waals surface area contributed by atoms with E-state index in [0.717, 1.165) is 19.4 Å². The van der Waals surface area contributed by atoms with Crippen LogP contribution < -0.4 is 10.2 Å². The van der Waals surface area contributed by atoms with Crippen molar-refractivity contribution in [1.82, 2.24) is 5.32 Å². The largest absolute Gasteiger partial charge is 0.393 e. The molecule has 2 aliphatic rings. The number of nitrogens with zero attached hydrogens (tertiary/aromatic N) is 1. The third-order valence-corrected chi connectivity index (χ3v) is 4.68. The fourth-order valence-electron chi connectivity index (χ4n) is 3.77. The highest BCUT2D eigenvalue weighted by molar-refractivity contribution is 5.56. The summed E-state index contributed by atoms with van der Waals surface area (Å²) >= 11 is 0. The van der Waals surface area contributed by atoms with Crippen molar-refractivity contribution >= 4 is 5.69 Å². The van der Waals surface area contributed by atoms with Gasteiger partial charge in [0.1, 0.15) is 0 Å². The van der Waals surface area contributed by atoms with Gasteiger partial charge in [0.2, 0.25) is 0 Å². The van der Waals surface area contributed by atoms with Gasteiger partial charge < -0.3 is 15.3 Å². The number of benzene rings is 1. The van der Waals surface area contributed by atoms with Crippen LogP contribution in [0.5, 0.6) is 0 Å². The van der Waals surface area contributed by atoms with Crippen LogP contribution in [-0.2, 0) is 6.54 Å². The van der Waals surface area contributed by atoms with Crippen LogP contribution in [0.25, 0.3) is 0 Å². The molecule has 0 amide bonds. The number of nitrogens with one attached hydrogen (secondary N) is 1. The van der Waals surface area contributed by atoms with Crippen molar-refractivity contribution in [3.05, 3.63) is 29.8 Å². The third-order valence-electron chi connectivity index (χ3n) is 4.68. The number of hydrogen-bond donors (Lipinski definition) is 2. The van der Waals surface area contributed by atoms with E-state index in [-0.39, 0.29) is 6.10 Å². The van der Waals surface area contributed by atoms with Crippen molar-refractivity contribution in [1.29, 1.82) is 0 Å². The molecule has 2 atom stereocenters. The minimum Gasteiger partial charge on any atom is -0.393 e. The average Bonchev–Trinajstić information content (AvgIpc) is 2.68. The van der Waals surface area contributed by atoms with E-state index in [1.807, 2.05) is 0 Å². The van der Waals surface area contributed by atoms with E-state index >= 15 is 0 Å².